The molecule has 1 aromatic heterocycles. The Kier molecular flexibility index (Phi) is 3.59. The van der Waals surface area contributed by atoms with E-state index in [1.54, 1.807) is 0 Å². The standard InChI is InChI=1S/C12H18N2O2/c1-10-11(16-9-13-10)8-12(15)14-6-4-2-3-5-7-14/h9H,2-8H2,1H3. The zero-order valence-electron chi connectivity index (χ0n) is 9.74. The summed E-state index contributed by atoms with van der Waals surface area (Å²) in [5.74, 6) is 0.871. The fourth-order valence-corrected chi connectivity index (χ4v) is 2.07. The van der Waals surface area contributed by atoms with E-state index in [-0.39, 0.29) is 5.91 Å². The molecule has 0 saturated carbocycles. The van der Waals surface area contributed by atoms with Crippen molar-refractivity contribution in [3.05, 3.63) is 17.8 Å². The van der Waals surface area contributed by atoms with Gasteiger partial charge in [-0.3, -0.25) is 4.79 Å². The minimum absolute atomic E-state index is 0.168. The van der Waals surface area contributed by atoms with Gasteiger partial charge in [-0.15, -0.1) is 0 Å². The number of rotatable bonds is 2. The van der Waals surface area contributed by atoms with Crippen molar-refractivity contribution >= 4 is 5.91 Å². The Labute approximate surface area is 95.6 Å². The van der Waals surface area contributed by atoms with Gasteiger partial charge in [0.05, 0.1) is 12.1 Å². The van der Waals surface area contributed by atoms with Crippen LogP contribution in [0.4, 0.5) is 0 Å². The van der Waals surface area contributed by atoms with Gasteiger partial charge >= 0.3 is 0 Å². The minimum Gasteiger partial charge on any atom is -0.448 e. The van der Waals surface area contributed by atoms with E-state index in [4.69, 9.17) is 4.42 Å². The first-order valence-corrected chi connectivity index (χ1v) is 5.94. The fraction of sp³-hybridized carbons (Fsp3) is 0.667. The number of amides is 1. The molecule has 1 amide bonds. The molecule has 2 rings (SSSR count). The summed E-state index contributed by atoms with van der Waals surface area (Å²) in [7, 11) is 0. The first kappa shape index (κ1) is 11.2. The summed E-state index contributed by atoms with van der Waals surface area (Å²) < 4.78 is 5.20. The third-order valence-electron chi connectivity index (χ3n) is 3.12. The highest BCUT2D eigenvalue weighted by Crippen LogP contribution is 2.13. The van der Waals surface area contributed by atoms with Crippen LogP contribution in [-0.2, 0) is 11.2 Å². The normalized spacial score (nSPS) is 17.2. The molecule has 0 N–H and O–H groups in total. The Balaban J connectivity index is 1.94. The number of hydrogen-bond acceptors (Lipinski definition) is 3. The van der Waals surface area contributed by atoms with E-state index in [1.807, 2.05) is 11.8 Å². The maximum absolute atomic E-state index is 12.0. The third-order valence-corrected chi connectivity index (χ3v) is 3.12. The molecular weight excluding hydrogens is 204 g/mol. The molecule has 1 fully saturated rings. The largest absolute Gasteiger partial charge is 0.448 e. The third kappa shape index (κ3) is 2.62. The number of aromatic nitrogens is 1. The second-order valence-corrected chi connectivity index (χ2v) is 4.33. The van der Waals surface area contributed by atoms with Gasteiger partial charge in [0.1, 0.15) is 5.76 Å². The number of nitrogens with zero attached hydrogens (tertiary/aromatic N) is 2. The molecule has 1 aliphatic rings. The van der Waals surface area contributed by atoms with E-state index < -0.39 is 0 Å². The zero-order chi connectivity index (χ0) is 11.4. The molecule has 0 aromatic carbocycles. The van der Waals surface area contributed by atoms with Crippen LogP contribution in [0.15, 0.2) is 10.8 Å². The zero-order valence-corrected chi connectivity index (χ0v) is 9.74. The lowest BCUT2D eigenvalue weighted by molar-refractivity contribution is -0.130. The highest BCUT2D eigenvalue weighted by molar-refractivity contribution is 5.78. The number of aryl methyl sites for hydroxylation is 1. The summed E-state index contributed by atoms with van der Waals surface area (Å²) in [6.07, 6.45) is 6.49. The van der Waals surface area contributed by atoms with Crippen molar-refractivity contribution in [1.82, 2.24) is 9.88 Å². The van der Waals surface area contributed by atoms with Gasteiger partial charge in [0, 0.05) is 13.1 Å². The van der Waals surface area contributed by atoms with E-state index in [2.05, 4.69) is 4.98 Å². The molecule has 2 heterocycles. The summed E-state index contributed by atoms with van der Waals surface area (Å²) in [5, 5.41) is 0. The van der Waals surface area contributed by atoms with Gasteiger partial charge in [-0.1, -0.05) is 12.8 Å². The molecular formula is C12H18N2O2. The number of oxazole rings is 1. The topological polar surface area (TPSA) is 46.3 Å². The SMILES string of the molecule is Cc1ncoc1CC(=O)N1CCCCCC1. The summed E-state index contributed by atoms with van der Waals surface area (Å²) in [6.45, 7) is 3.66. The predicted molar refractivity (Wildman–Crippen MR) is 60.0 cm³/mol. The van der Waals surface area contributed by atoms with Crippen molar-refractivity contribution in [2.75, 3.05) is 13.1 Å². The quantitative estimate of drug-likeness (QED) is 0.768. The number of carbonyl (C=O) groups excluding carboxylic acids is 1. The molecule has 0 bridgehead atoms. The second-order valence-electron chi connectivity index (χ2n) is 4.33. The van der Waals surface area contributed by atoms with Crippen LogP contribution < -0.4 is 0 Å². The summed E-state index contributed by atoms with van der Waals surface area (Å²) in [4.78, 5) is 18.0. The number of likely N-dealkylation sites (tertiary alicyclic amines) is 1. The van der Waals surface area contributed by atoms with Gasteiger partial charge in [-0.25, -0.2) is 4.98 Å². The second kappa shape index (κ2) is 5.14. The summed E-state index contributed by atoms with van der Waals surface area (Å²) >= 11 is 0. The van der Waals surface area contributed by atoms with Crippen LogP contribution >= 0.6 is 0 Å². The predicted octanol–water partition coefficient (Wildman–Crippen LogP) is 1.93. The highest BCUT2D eigenvalue weighted by Gasteiger charge is 2.18. The molecule has 0 spiro atoms. The van der Waals surface area contributed by atoms with Crippen LogP contribution in [0.2, 0.25) is 0 Å². The van der Waals surface area contributed by atoms with Crippen molar-refractivity contribution in [3.8, 4) is 0 Å². The van der Waals surface area contributed by atoms with Crippen molar-refractivity contribution in [3.63, 3.8) is 0 Å². The Morgan fingerprint density at radius 1 is 1.38 bits per heavy atom. The Morgan fingerprint density at radius 2 is 2.06 bits per heavy atom. The fourth-order valence-electron chi connectivity index (χ4n) is 2.07. The van der Waals surface area contributed by atoms with E-state index >= 15 is 0 Å². The molecule has 0 aliphatic carbocycles. The van der Waals surface area contributed by atoms with E-state index in [1.165, 1.54) is 19.2 Å². The van der Waals surface area contributed by atoms with Gasteiger partial charge in [-0.05, 0) is 19.8 Å². The van der Waals surface area contributed by atoms with Gasteiger partial charge in [0.2, 0.25) is 5.91 Å². The van der Waals surface area contributed by atoms with E-state index in [0.717, 1.165) is 31.6 Å². The monoisotopic (exact) mass is 222 g/mol. The van der Waals surface area contributed by atoms with Crippen molar-refractivity contribution in [2.45, 2.75) is 39.0 Å². The lowest BCUT2D eigenvalue weighted by Crippen LogP contribution is -2.33. The molecule has 0 unspecified atom stereocenters. The Morgan fingerprint density at radius 3 is 2.62 bits per heavy atom. The molecule has 88 valence electrons. The van der Waals surface area contributed by atoms with E-state index in [0.29, 0.717) is 12.2 Å². The lowest BCUT2D eigenvalue weighted by Gasteiger charge is -2.19. The molecule has 0 atom stereocenters. The van der Waals surface area contributed by atoms with Gasteiger partial charge in [0.15, 0.2) is 6.39 Å². The molecule has 0 radical (unpaired) electrons. The molecule has 16 heavy (non-hydrogen) atoms. The van der Waals surface area contributed by atoms with Gasteiger partial charge < -0.3 is 9.32 Å². The van der Waals surface area contributed by atoms with Gasteiger partial charge in [0.25, 0.3) is 0 Å². The van der Waals surface area contributed by atoms with Crippen molar-refractivity contribution in [1.29, 1.82) is 0 Å². The maximum Gasteiger partial charge on any atom is 0.230 e. The van der Waals surface area contributed by atoms with Crippen LogP contribution in [-0.4, -0.2) is 28.9 Å². The van der Waals surface area contributed by atoms with E-state index in [9.17, 15) is 4.79 Å². The first-order valence-electron chi connectivity index (χ1n) is 5.94. The Bertz CT molecular complexity index is 352. The van der Waals surface area contributed by atoms with Crippen molar-refractivity contribution in [2.24, 2.45) is 0 Å². The van der Waals surface area contributed by atoms with Gasteiger partial charge in [-0.2, -0.15) is 0 Å². The summed E-state index contributed by atoms with van der Waals surface area (Å²) in [5.41, 5.74) is 0.822. The highest BCUT2D eigenvalue weighted by atomic mass is 16.3. The van der Waals surface area contributed by atoms with Crippen LogP contribution in [0, 0.1) is 6.92 Å². The van der Waals surface area contributed by atoms with Crippen LogP contribution in [0.1, 0.15) is 37.1 Å². The average molecular weight is 222 g/mol. The smallest absolute Gasteiger partial charge is 0.230 e. The summed E-state index contributed by atoms with van der Waals surface area (Å²) in [6, 6.07) is 0. The molecule has 1 aromatic rings. The van der Waals surface area contributed by atoms with Crippen LogP contribution in [0.3, 0.4) is 0 Å². The lowest BCUT2D eigenvalue weighted by atomic mass is 10.2. The molecule has 4 nitrogen and oxygen atoms in total. The maximum atomic E-state index is 12.0. The molecule has 4 heteroatoms. The first-order chi connectivity index (χ1) is 7.77. The van der Waals surface area contributed by atoms with Crippen LogP contribution in [0.5, 0.6) is 0 Å². The number of carbonyl (C=O) groups is 1. The van der Waals surface area contributed by atoms with Crippen molar-refractivity contribution < 1.29 is 9.21 Å². The molecule has 1 saturated heterocycles. The molecule has 1 aliphatic heterocycles. The average Bonchev–Trinajstić information content (AvgIpc) is 2.57. The van der Waals surface area contributed by atoms with Crippen LogP contribution in [0.25, 0.3) is 0 Å². The minimum atomic E-state index is 0.168. The number of hydrogen-bond donors (Lipinski definition) is 0. The Hall–Kier alpha value is -1.32.